The number of hydrogen-bond donors (Lipinski definition) is 2. The summed E-state index contributed by atoms with van der Waals surface area (Å²) < 4.78 is 5.45. The molecule has 1 amide bonds. The summed E-state index contributed by atoms with van der Waals surface area (Å²) in [7, 11) is 0. The molecule has 3 rings (SSSR count). The van der Waals surface area contributed by atoms with Gasteiger partial charge in [0, 0.05) is 24.7 Å². The number of phenolic OH excluding ortho intramolecular Hbond substituents is 1. The van der Waals surface area contributed by atoms with E-state index in [-0.39, 0.29) is 29.6 Å². The molecule has 1 atom stereocenters. The third-order valence-electron chi connectivity index (χ3n) is 4.72. The van der Waals surface area contributed by atoms with Gasteiger partial charge in [-0.3, -0.25) is 19.8 Å². The minimum absolute atomic E-state index is 0.0474. The molecule has 1 aliphatic heterocycles. The van der Waals surface area contributed by atoms with Crippen LogP contribution in [0.4, 0.5) is 11.4 Å². The van der Waals surface area contributed by atoms with Gasteiger partial charge in [0.05, 0.1) is 23.8 Å². The summed E-state index contributed by atoms with van der Waals surface area (Å²) in [6, 6.07) is 3.50. The Morgan fingerprint density at radius 1 is 1.38 bits per heavy atom. The Labute approximate surface area is 139 Å². The summed E-state index contributed by atoms with van der Waals surface area (Å²) in [6.45, 7) is 1.59. The molecule has 2 fully saturated rings. The number of nitrogens with zero attached hydrogens (tertiary/aromatic N) is 2. The van der Waals surface area contributed by atoms with Gasteiger partial charge in [0.1, 0.15) is 11.8 Å². The van der Waals surface area contributed by atoms with Gasteiger partial charge in [-0.1, -0.05) is 12.8 Å². The largest absolute Gasteiger partial charge is 0.506 e. The Morgan fingerprint density at radius 3 is 2.83 bits per heavy atom. The highest BCUT2D eigenvalue weighted by Crippen LogP contribution is 2.30. The van der Waals surface area contributed by atoms with Crippen LogP contribution in [0.25, 0.3) is 0 Å². The van der Waals surface area contributed by atoms with Gasteiger partial charge < -0.3 is 15.2 Å². The predicted octanol–water partition coefficient (Wildman–Crippen LogP) is 1.88. The second kappa shape index (κ2) is 7.14. The van der Waals surface area contributed by atoms with Crippen molar-refractivity contribution < 1.29 is 19.6 Å². The van der Waals surface area contributed by atoms with Crippen molar-refractivity contribution in [1.29, 1.82) is 0 Å². The van der Waals surface area contributed by atoms with E-state index in [2.05, 4.69) is 10.2 Å². The van der Waals surface area contributed by atoms with Gasteiger partial charge in [0.2, 0.25) is 5.91 Å². The average molecular weight is 335 g/mol. The van der Waals surface area contributed by atoms with E-state index in [9.17, 15) is 20.0 Å². The molecule has 130 valence electrons. The highest BCUT2D eigenvalue weighted by atomic mass is 16.6. The first kappa shape index (κ1) is 16.7. The van der Waals surface area contributed by atoms with Crippen molar-refractivity contribution in [3.05, 3.63) is 28.3 Å². The normalized spacial score (nSPS) is 22.4. The zero-order valence-corrected chi connectivity index (χ0v) is 13.3. The number of amides is 1. The van der Waals surface area contributed by atoms with Crippen molar-refractivity contribution in [3.8, 4) is 5.75 Å². The molecule has 0 unspecified atom stereocenters. The molecule has 1 heterocycles. The highest BCUT2D eigenvalue weighted by Gasteiger charge is 2.35. The zero-order valence-electron chi connectivity index (χ0n) is 13.3. The fourth-order valence-corrected chi connectivity index (χ4v) is 3.47. The van der Waals surface area contributed by atoms with Gasteiger partial charge in [-0.15, -0.1) is 0 Å². The molecule has 24 heavy (non-hydrogen) atoms. The molecular formula is C16H21N3O5. The molecule has 1 saturated carbocycles. The highest BCUT2D eigenvalue weighted by molar-refractivity contribution is 5.96. The number of carbonyl (C=O) groups is 1. The number of morpholine rings is 1. The van der Waals surface area contributed by atoms with Crippen LogP contribution in [0, 0.1) is 10.1 Å². The van der Waals surface area contributed by atoms with Crippen LogP contribution in [0.3, 0.4) is 0 Å². The van der Waals surface area contributed by atoms with E-state index >= 15 is 0 Å². The molecule has 0 aromatic heterocycles. The number of phenols is 1. The lowest BCUT2D eigenvalue weighted by Crippen LogP contribution is -2.55. The number of anilines is 1. The Balaban J connectivity index is 1.75. The summed E-state index contributed by atoms with van der Waals surface area (Å²) in [6.07, 6.45) is 4.49. The molecule has 0 bridgehead atoms. The van der Waals surface area contributed by atoms with Crippen molar-refractivity contribution in [2.75, 3.05) is 25.1 Å². The van der Waals surface area contributed by atoms with Crippen molar-refractivity contribution in [2.45, 2.75) is 37.8 Å². The van der Waals surface area contributed by atoms with Gasteiger partial charge in [-0.25, -0.2) is 0 Å². The van der Waals surface area contributed by atoms with Crippen molar-refractivity contribution in [3.63, 3.8) is 0 Å². The molecule has 1 aromatic carbocycles. The molecular weight excluding hydrogens is 314 g/mol. The van der Waals surface area contributed by atoms with Crippen LogP contribution in [0.1, 0.15) is 25.7 Å². The molecule has 2 aliphatic rings. The van der Waals surface area contributed by atoms with Crippen molar-refractivity contribution in [1.82, 2.24) is 4.90 Å². The maximum atomic E-state index is 12.7. The molecule has 0 radical (unpaired) electrons. The third-order valence-corrected chi connectivity index (χ3v) is 4.72. The maximum Gasteiger partial charge on any atom is 0.271 e. The molecule has 0 spiro atoms. The average Bonchev–Trinajstić information content (AvgIpc) is 3.11. The number of aromatic hydroxyl groups is 1. The van der Waals surface area contributed by atoms with Gasteiger partial charge in [0.25, 0.3) is 5.69 Å². The lowest BCUT2D eigenvalue weighted by Gasteiger charge is -2.38. The van der Waals surface area contributed by atoms with E-state index in [0.29, 0.717) is 19.2 Å². The van der Waals surface area contributed by atoms with Crippen LogP contribution in [0.2, 0.25) is 0 Å². The second-order valence-electron chi connectivity index (χ2n) is 6.21. The van der Waals surface area contributed by atoms with Crippen LogP contribution >= 0.6 is 0 Å². The van der Waals surface area contributed by atoms with Gasteiger partial charge in [-0.05, 0) is 18.9 Å². The van der Waals surface area contributed by atoms with E-state index in [4.69, 9.17) is 4.74 Å². The summed E-state index contributed by atoms with van der Waals surface area (Å²) in [5.41, 5.74) is -0.137. The first-order valence-corrected chi connectivity index (χ1v) is 8.18. The number of ether oxygens (including phenoxy) is 1. The van der Waals surface area contributed by atoms with E-state index in [1.54, 1.807) is 0 Å². The topological polar surface area (TPSA) is 105 Å². The number of nitrogens with one attached hydrogen (secondary N) is 1. The quantitative estimate of drug-likeness (QED) is 0.494. The fourth-order valence-electron chi connectivity index (χ4n) is 3.47. The summed E-state index contributed by atoms with van der Waals surface area (Å²) in [5, 5.41) is 23.3. The van der Waals surface area contributed by atoms with Crippen LogP contribution in [-0.4, -0.2) is 52.7 Å². The predicted molar refractivity (Wildman–Crippen MR) is 87.0 cm³/mol. The Kier molecular flexibility index (Phi) is 4.96. The monoisotopic (exact) mass is 335 g/mol. The number of rotatable bonds is 4. The minimum Gasteiger partial charge on any atom is -0.506 e. The second-order valence-corrected chi connectivity index (χ2v) is 6.21. The zero-order chi connectivity index (χ0) is 17.1. The Hall–Kier alpha value is -2.19. The smallest absolute Gasteiger partial charge is 0.271 e. The fraction of sp³-hybridized carbons (Fsp3) is 0.562. The van der Waals surface area contributed by atoms with E-state index in [0.717, 1.165) is 18.9 Å². The molecule has 8 heteroatoms. The van der Waals surface area contributed by atoms with Gasteiger partial charge >= 0.3 is 0 Å². The third kappa shape index (κ3) is 3.49. The van der Waals surface area contributed by atoms with E-state index in [1.165, 1.54) is 25.0 Å². The van der Waals surface area contributed by atoms with E-state index < -0.39 is 11.0 Å². The van der Waals surface area contributed by atoms with Gasteiger partial charge in [-0.2, -0.15) is 0 Å². The number of non-ortho nitro benzene ring substituents is 1. The van der Waals surface area contributed by atoms with Crippen molar-refractivity contribution >= 4 is 17.3 Å². The Bertz CT molecular complexity index is 630. The molecule has 1 aromatic rings. The van der Waals surface area contributed by atoms with E-state index in [1.807, 2.05) is 0 Å². The number of hydrogen-bond acceptors (Lipinski definition) is 6. The molecule has 1 saturated heterocycles. The molecule has 2 N–H and O–H groups in total. The number of nitro groups is 1. The van der Waals surface area contributed by atoms with Crippen LogP contribution in [0.15, 0.2) is 18.2 Å². The molecule has 8 nitrogen and oxygen atoms in total. The number of nitro benzene ring substituents is 1. The van der Waals surface area contributed by atoms with Crippen LogP contribution in [-0.2, 0) is 9.53 Å². The summed E-state index contributed by atoms with van der Waals surface area (Å²) in [5.74, 6) is -0.504. The van der Waals surface area contributed by atoms with Crippen molar-refractivity contribution in [2.24, 2.45) is 0 Å². The standard InChI is InChI=1S/C16H21N3O5/c20-15-6-5-12(19(22)23)9-13(15)17-16(21)14-10-24-8-7-18(14)11-3-1-2-4-11/h5-6,9,11,14,20H,1-4,7-8,10H2,(H,17,21)/t14-/m1/s1. The lowest BCUT2D eigenvalue weighted by molar-refractivity contribution is -0.384. The van der Waals surface area contributed by atoms with Crippen LogP contribution in [0.5, 0.6) is 5.75 Å². The summed E-state index contributed by atoms with van der Waals surface area (Å²) in [4.78, 5) is 25.1. The number of carbonyl (C=O) groups excluding carboxylic acids is 1. The van der Waals surface area contributed by atoms with Gasteiger partial charge in [0.15, 0.2) is 0 Å². The first-order chi connectivity index (χ1) is 11.6. The Morgan fingerprint density at radius 2 is 2.12 bits per heavy atom. The molecule has 1 aliphatic carbocycles. The maximum absolute atomic E-state index is 12.7. The van der Waals surface area contributed by atoms with Crippen LogP contribution < -0.4 is 5.32 Å². The lowest BCUT2D eigenvalue weighted by atomic mass is 10.1. The minimum atomic E-state index is -0.566. The first-order valence-electron chi connectivity index (χ1n) is 8.18. The number of benzene rings is 1. The SMILES string of the molecule is O=C(Nc1cc([N+](=O)[O-])ccc1O)[C@H]1COCCN1C1CCCC1. The summed E-state index contributed by atoms with van der Waals surface area (Å²) >= 11 is 0.